The summed E-state index contributed by atoms with van der Waals surface area (Å²) in [5, 5.41) is 3.46. The van der Waals surface area contributed by atoms with E-state index in [-0.39, 0.29) is 5.54 Å². The summed E-state index contributed by atoms with van der Waals surface area (Å²) in [6.07, 6.45) is 1.29. The first-order chi connectivity index (χ1) is 4.81. The first kappa shape index (κ1) is 9.01. The van der Waals surface area contributed by atoms with Crippen molar-refractivity contribution in [3.8, 4) is 0 Å². The molecule has 2 nitrogen and oxygen atoms in total. The van der Waals surface area contributed by atoms with Gasteiger partial charge in [-0.3, -0.25) is 0 Å². The fourth-order valence-corrected chi connectivity index (χ4v) is 1.20. The topological polar surface area (TPSA) is 38.0 Å². The number of nitrogens with two attached hydrogens (primary N) is 1. The second-order valence-electron chi connectivity index (χ2n) is 5.11. The van der Waals surface area contributed by atoms with Crippen LogP contribution in [0.5, 0.6) is 0 Å². The molecule has 0 aromatic carbocycles. The Bertz CT molecular complexity index is 144. The second kappa shape index (κ2) is 2.46. The Morgan fingerprint density at radius 1 is 1.55 bits per heavy atom. The molecule has 66 valence electrons. The Hall–Kier alpha value is -0.0800. The van der Waals surface area contributed by atoms with Gasteiger partial charge in [0.25, 0.3) is 0 Å². The lowest BCUT2D eigenvalue weighted by atomic mass is 10.1. The lowest BCUT2D eigenvalue weighted by Crippen LogP contribution is -2.44. The Morgan fingerprint density at radius 3 is 2.27 bits per heavy atom. The van der Waals surface area contributed by atoms with Crippen molar-refractivity contribution in [1.82, 2.24) is 5.32 Å². The minimum Gasteiger partial charge on any atom is -0.324 e. The van der Waals surface area contributed by atoms with Crippen LogP contribution in [-0.4, -0.2) is 18.1 Å². The highest BCUT2D eigenvalue weighted by molar-refractivity contribution is 5.02. The van der Waals surface area contributed by atoms with Gasteiger partial charge in [0.15, 0.2) is 0 Å². The van der Waals surface area contributed by atoms with Crippen molar-refractivity contribution >= 4 is 0 Å². The van der Waals surface area contributed by atoms with E-state index in [4.69, 9.17) is 5.73 Å². The lowest BCUT2D eigenvalue weighted by molar-refractivity contribution is 0.440. The van der Waals surface area contributed by atoms with Gasteiger partial charge in [-0.05, 0) is 25.7 Å². The van der Waals surface area contributed by atoms with E-state index in [1.807, 2.05) is 0 Å². The Labute approximate surface area is 69.5 Å². The predicted molar refractivity (Wildman–Crippen MR) is 48.5 cm³/mol. The van der Waals surface area contributed by atoms with Gasteiger partial charge in [-0.15, -0.1) is 0 Å². The van der Waals surface area contributed by atoms with Gasteiger partial charge in [0.2, 0.25) is 0 Å². The number of nitrogens with one attached hydrogen (secondary N) is 1. The molecule has 1 rings (SSSR count). The fraction of sp³-hybridized carbons (Fsp3) is 1.00. The maximum atomic E-state index is 5.84. The fourth-order valence-electron chi connectivity index (χ4n) is 1.20. The minimum atomic E-state index is -0.0708. The largest absolute Gasteiger partial charge is 0.324 e. The molecule has 0 aliphatic heterocycles. The first-order valence-electron chi connectivity index (χ1n) is 4.33. The smallest absolute Gasteiger partial charge is 0.0223 e. The average Bonchev–Trinajstić information content (AvgIpc) is 2.33. The molecule has 3 N–H and O–H groups in total. The van der Waals surface area contributed by atoms with E-state index in [2.05, 4.69) is 33.0 Å². The molecule has 0 bridgehead atoms. The van der Waals surface area contributed by atoms with Crippen LogP contribution in [-0.2, 0) is 0 Å². The highest BCUT2D eigenvalue weighted by Crippen LogP contribution is 2.44. The molecule has 0 spiro atoms. The second-order valence-corrected chi connectivity index (χ2v) is 5.11. The number of rotatable bonds is 3. The summed E-state index contributed by atoms with van der Waals surface area (Å²) in [4.78, 5) is 0. The van der Waals surface area contributed by atoms with Crippen molar-refractivity contribution in [2.24, 2.45) is 11.1 Å². The molecule has 11 heavy (non-hydrogen) atoms. The van der Waals surface area contributed by atoms with Crippen molar-refractivity contribution in [3.63, 3.8) is 0 Å². The molecule has 0 saturated heterocycles. The van der Waals surface area contributed by atoms with E-state index >= 15 is 0 Å². The number of hydrogen-bond donors (Lipinski definition) is 2. The molecule has 2 heteroatoms. The van der Waals surface area contributed by atoms with Gasteiger partial charge in [0.05, 0.1) is 0 Å². The molecule has 0 aromatic heterocycles. The molecule has 1 unspecified atom stereocenters. The molecule has 0 heterocycles. The van der Waals surface area contributed by atoms with Crippen LogP contribution in [0.3, 0.4) is 0 Å². The van der Waals surface area contributed by atoms with Crippen molar-refractivity contribution in [1.29, 1.82) is 0 Å². The Kier molecular flexibility index (Phi) is 2.01. The molecule has 0 aromatic rings. The predicted octanol–water partition coefficient (Wildman–Crippen LogP) is 1.11. The van der Waals surface area contributed by atoms with Gasteiger partial charge < -0.3 is 11.1 Å². The highest BCUT2D eigenvalue weighted by atomic mass is 15.0. The van der Waals surface area contributed by atoms with Crippen molar-refractivity contribution < 1.29 is 0 Å². The zero-order valence-electron chi connectivity index (χ0n) is 8.07. The Balaban J connectivity index is 2.16. The van der Waals surface area contributed by atoms with E-state index in [0.29, 0.717) is 11.5 Å². The van der Waals surface area contributed by atoms with Crippen LogP contribution in [0.1, 0.15) is 34.1 Å². The SMILES string of the molecule is CC(C)(N)CNC1CC1(C)C. The zero-order valence-corrected chi connectivity index (χ0v) is 8.07. The van der Waals surface area contributed by atoms with Crippen LogP contribution < -0.4 is 11.1 Å². The summed E-state index contributed by atoms with van der Waals surface area (Å²) in [5.74, 6) is 0. The molecule has 1 atom stereocenters. The van der Waals surface area contributed by atoms with E-state index in [9.17, 15) is 0 Å². The van der Waals surface area contributed by atoms with E-state index in [1.54, 1.807) is 0 Å². The van der Waals surface area contributed by atoms with E-state index in [1.165, 1.54) is 6.42 Å². The van der Waals surface area contributed by atoms with Crippen molar-refractivity contribution in [2.75, 3.05) is 6.54 Å². The standard InChI is InChI=1S/C9H20N2/c1-8(2)5-7(8)11-6-9(3,4)10/h7,11H,5-6,10H2,1-4H3. The van der Waals surface area contributed by atoms with Gasteiger partial charge in [-0.1, -0.05) is 13.8 Å². The first-order valence-corrected chi connectivity index (χ1v) is 4.33. The monoisotopic (exact) mass is 156 g/mol. The third-order valence-corrected chi connectivity index (χ3v) is 2.32. The van der Waals surface area contributed by atoms with E-state index < -0.39 is 0 Å². The van der Waals surface area contributed by atoms with Crippen LogP contribution in [0.4, 0.5) is 0 Å². The summed E-state index contributed by atoms with van der Waals surface area (Å²) in [6.45, 7) is 9.59. The maximum Gasteiger partial charge on any atom is 0.0223 e. The molecule has 0 amide bonds. The summed E-state index contributed by atoms with van der Waals surface area (Å²) < 4.78 is 0. The minimum absolute atomic E-state index is 0.0708. The third kappa shape index (κ3) is 2.80. The normalized spacial score (nSPS) is 28.6. The summed E-state index contributed by atoms with van der Waals surface area (Å²) in [5.41, 5.74) is 6.29. The van der Waals surface area contributed by atoms with E-state index in [0.717, 1.165) is 6.54 Å². The summed E-state index contributed by atoms with van der Waals surface area (Å²) in [6, 6.07) is 0.699. The molecular formula is C9H20N2. The highest BCUT2D eigenvalue weighted by Gasteiger charge is 2.45. The summed E-state index contributed by atoms with van der Waals surface area (Å²) >= 11 is 0. The van der Waals surface area contributed by atoms with Crippen molar-refractivity contribution in [3.05, 3.63) is 0 Å². The molecule has 0 radical (unpaired) electrons. The number of hydrogen-bond acceptors (Lipinski definition) is 2. The molecule has 1 saturated carbocycles. The summed E-state index contributed by atoms with van der Waals surface area (Å²) in [7, 11) is 0. The van der Waals surface area contributed by atoms with Crippen LogP contribution >= 0.6 is 0 Å². The van der Waals surface area contributed by atoms with Gasteiger partial charge in [0.1, 0.15) is 0 Å². The lowest BCUT2D eigenvalue weighted by Gasteiger charge is -2.19. The quantitative estimate of drug-likeness (QED) is 0.642. The zero-order chi connectivity index (χ0) is 8.70. The molecule has 1 aliphatic rings. The average molecular weight is 156 g/mol. The molecular weight excluding hydrogens is 136 g/mol. The molecule has 1 fully saturated rings. The Morgan fingerprint density at radius 2 is 2.00 bits per heavy atom. The van der Waals surface area contributed by atoms with Gasteiger partial charge in [-0.25, -0.2) is 0 Å². The molecule has 1 aliphatic carbocycles. The van der Waals surface area contributed by atoms with Crippen LogP contribution in [0.15, 0.2) is 0 Å². The third-order valence-electron chi connectivity index (χ3n) is 2.32. The van der Waals surface area contributed by atoms with Crippen molar-refractivity contribution in [2.45, 2.75) is 45.7 Å². The van der Waals surface area contributed by atoms with Crippen LogP contribution in [0, 0.1) is 5.41 Å². The van der Waals surface area contributed by atoms with Gasteiger partial charge >= 0.3 is 0 Å². The van der Waals surface area contributed by atoms with Crippen LogP contribution in [0.25, 0.3) is 0 Å². The van der Waals surface area contributed by atoms with Crippen LogP contribution in [0.2, 0.25) is 0 Å². The van der Waals surface area contributed by atoms with Gasteiger partial charge in [-0.2, -0.15) is 0 Å². The maximum absolute atomic E-state index is 5.84. The van der Waals surface area contributed by atoms with Gasteiger partial charge in [0, 0.05) is 18.1 Å².